The Bertz CT molecular complexity index is 1100. The molecule has 8 heteroatoms. The Kier molecular flexibility index (Phi) is 6.89. The summed E-state index contributed by atoms with van der Waals surface area (Å²) in [6.07, 6.45) is 1.55. The Morgan fingerprint density at radius 3 is 2.63 bits per heavy atom. The number of aryl methyl sites for hydroxylation is 1. The van der Waals surface area contributed by atoms with Crippen molar-refractivity contribution in [1.29, 1.82) is 0 Å². The molecule has 1 aromatic heterocycles. The molecule has 3 rings (SSSR count). The van der Waals surface area contributed by atoms with E-state index in [1.807, 2.05) is 48.9 Å². The lowest BCUT2D eigenvalue weighted by molar-refractivity contribution is -0.123. The summed E-state index contributed by atoms with van der Waals surface area (Å²) in [5.41, 5.74) is 5.48. The second-order valence-electron chi connectivity index (χ2n) is 6.55. The Balaban J connectivity index is 1.67. The molecule has 0 aliphatic heterocycles. The SMILES string of the molecule is CCOC(=O)c1c(C)n(C)c2ccc(OCC(=O)N/N=C\c3ccc(Br)cc3)cc12. The van der Waals surface area contributed by atoms with Gasteiger partial charge in [-0.1, -0.05) is 28.1 Å². The van der Waals surface area contributed by atoms with Crippen LogP contribution in [-0.2, 0) is 16.6 Å². The number of carbonyl (C=O) groups excluding carboxylic acids is 2. The molecular weight excluding hydrogens is 450 g/mol. The van der Waals surface area contributed by atoms with Crippen LogP contribution in [-0.4, -0.2) is 35.9 Å². The molecule has 0 aliphatic rings. The van der Waals surface area contributed by atoms with Gasteiger partial charge < -0.3 is 14.0 Å². The third kappa shape index (κ3) is 4.88. The number of aromatic nitrogens is 1. The van der Waals surface area contributed by atoms with Crippen LogP contribution >= 0.6 is 15.9 Å². The summed E-state index contributed by atoms with van der Waals surface area (Å²) < 4.78 is 13.7. The van der Waals surface area contributed by atoms with Gasteiger partial charge in [0.15, 0.2) is 6.61 Å². The van der Waals surface area contributed by atoms with Crippen LogP contribution < -0.4 is 10.2 Å². The first-order valence-corrected chi connectivity index (χ1v) is 10.2. The Morgan fingerprint density at radius 1 is 1.20 bits per heavy atom. The maximum Gasteiger partial charge on any atom is 0.340 e. The van der Waals surface area contributed by atoms with E-state index in [0.29, 0.717) is 17.9 Å². The van der Waals surface area contributed by atoms with E-state index in [2.05, 4.69) is 26.5 Å². The Hall–Kier alpha value is -3.13. The van der Waals surface area contributed by atoms with E-state index >= 15 is 0 Å². The zero-order valence-electron chi connectivity index (χ0n) is 16.9. The van der Waals surface area contributed by atoms with Crippen molar-refractivity contribution in [3.05, 3.63) is 63.8 Å². The number of rotatable bonds is 7. The summed E-state index contributed by atoms with van der Waals surface area (Å²) in [6.45, 7) is 3.73. The Labute approximate surface area is 182 Å². The second kappa shape index (κ2) is 9.58. The number of carbonyl (C=O) groups is 2. The molecule has 0 spiro atoms. The third-order valence-electron chi connectivity index (χ3n) is 4.59. The average Bonchev–Trinajstić information content (AvgIpc) is 2.98. The summed E-state index contributed by atoms with van der Waals surface area (Å²) in [4.78, 5) is 24.4. The van der Waals surface area contributed by atoms with Crippen molar-refractivity contribution in [2.24, 2.45) is 12.1 Å². The highest BCUT2D eigenvalue weighted by Crippen LogP contribution is 2.29. The van der Waals surface area contributed by atoms with Gasteiger partial charge in [0.05, 0.1) is 18.4 Å². The number of hydrogen-bond acceptors (Lipinski definition) is 5. The van der Waals surface area contributed by atoms with Crippen molar-refractivity contribution < 1.29 is 19.1 Å². The number of hydrogen-bond donors (Lipinski definition) is 1. The van der Waals surface area contributed by atoms with Crippen LogP contribution in [0.5, 0.6) is 5.75 Å². The number of esters is 1. The molecule has 0 radical (unpaired) electrons. The number of amides is 1. The molecule has 2 aromatic carbocycles. The van der Waals surface area contributed by atoms with E-state index in [-0.39, 0.29) is 12.6 Å². The molecule has 0 saturated carbocycles. The van der Waals surface area contributed by atoms with Gasteiger partial charge in [0.1, 0.15) is 5.75 Å². The third-order valence-corrected chi connectivity index (χ3v) is 5.11. The van der Waals surface area contributed by atoms with Gasteiger partial charge in [0.2, 0.25) is 0 Å². The number of nitrogens with one attached hydrogen (secondary N) is 1. The normalized spacial score (nSPS) is 11.1. The van der Waals surface area contributed by atoms with Crippen LogP contribution in [0.4, 0.5) is 0 Å². The van der Waals surface area contributed by atoms with E-state index in [0.717, 1.165) is 26.6 Å². The number of benzene rings is 2. The molecule has 1 N–H and O–H groups in total. The molecule has 0 aliphatic carbocycles. The van der Waals surface area contributed by atoms with Crippen molar-refractivity contribution >= 4 is 44.9 Å². The summed E-state index contributed by atoms with van der Waals surface area (Å²) >= 11 is 3.36. The molecule has 0 saturated heterocycles. The van der Waals surface area contributed by atoms with Gasteiger partial charge in [0, 0.05) is 28.1 Å². The summed E-state index contributed by atoms with van der Waals surface area (Å²) in [5.74, 6) is -0.290. The molecule has 1 amide bonds. The van der Waals surface area contributed by atoms with Crippen LogP contribution in [0, 0.1) is 6.92 Å². The molecule has 7 nitrogen and oxygen atoms in total. The lowest BCUT2D eigenvalue weighted by atomic mass is 10.1. The molecular formula is C22H22BrN3O4. The van der Waals surface area contributed by atoms with Gasteiger partial charge in [-0.05, 0) is 49.7 Å². The lowest BCUT2D eigenvalue weighted by Crippen LogP contribution is -2.24. The number of fused-ring (bicyclic) bond motifs is 1. The fourth-order valence-electron chi connectivity index (χ4n) is 3.01. The monoisotopic (exact) mass is 471 g/mol. The second-order valence-corrected chi connectivity index (χ2v) is 7.47. The molecule has 0 atom stereocenters. The summed E-state index contributed by atoms with van der Waals surface area (Å²) in [7, 11) is 1.89. The lowest BCUT2D eigenvalue weighted by Gasteiger charge is -2.06. The predicted molar refractivity (Wildman–Crippen MR) is 119 cm³/mol. The smallest absolute Gasteiger partial charge is 0.340 e. The maximum atomic E-state index is 12.4. The van der Waals surface area contributed by atoms with Crippen LogP contribution in [0.3, 0.4) is 0 Å². The number of nitrogens with zero attached hydrogens (tertiary/aromatic N) is 2. The van der Waals surface area contributed by atoms with Gasteiger partial charge in [-0.2, -0.15) is 5.10 Å². The van der Waals surface area contributed by atoms with Crippen LogP contribution in [0.15, 0.2) is 52.0 Å². The zero-order chi connectivity index (χ0) is 21.7. The highest BCUT2D eigenvalue weighted by molar-refractivity contribution is 9.10. The molecule has 3 aromatic rings. The van der Waals surface area contributed by atoms with E-state index < -0.39 is 5.91 Å². The molecule has 0 fully saturated rings. The first-order valence-electron chi connectivity index (χ1n) is 9.37. The van der Waals surface area contributed by atoms with Crippen molar-refractivity contribution in [3.63, 3.8) is 0 Å². The molecule has 30 heavy (non-hydrogen) atoms. The van der Waals surface area contributed by atoms with Crippen LogP contribution in [0.25, 0.3) is 10.9 Å². The molecule has 156 valence electrons. The van der Waals surface area contributed by atoms with Crippen LogP contribution in [0.1, 0.15) is 28.5 Å². The molecule has 0 bridgehead atoms. The quantitative estimate of drug-likeness (QED) is 0.321. The van der Waals surface area contributed by atoms with Crippen LogP contribution in [0.2, 0.25) is 0 Å². The largest absolute Gasteiger partial charge is 0.484 e. The predicted octanol–water partition coefficient (Wildman–Crippen LogP) is 3.96. The highest BCUT2D eigenvalue weighted by Gasteiger charge is 2.20. The maximum absolute atomic E-state index is 12.4. The summed E-state index contributed by atoms with van der Waals surface area (Å²) in [6, 6.07) is 12.9. The minimum atomic E-state index is -0.390. The molecule has 0 unspecified atom stereocenters. The van der Waals surface area contributed by atoms with E-state index in [9.17, 15) is 9.59 Å². The molecule has 1 heterocycles. The number of halogens is 1. The van der Waals surface area contributed by atoms with E-state index in [1.54, 1.807) is 25.3 Å². The van der Waals surface area contributed by atoms with E-state index in [1.165, 1.54) is 0 Å². The van der Waals surface area contributed by atoms with E-state index in [4.69, 9.17) is 9.47 Å². The highest BCUT2D eigenvalue weighted by atomic mass is 79.9. The standard InChI is InChI=1S/C22H22BrN3O4/c1-4-29-22(28)21-14(2)26(3)19-10-9-17(11-18(19)21)30-13-20(27)25-24-12-15-5-7-16(23)8-6-15/h5-12H,4,13H2,1-3H3,(H,25,27)/b24-12-. The topological polar surface area (TPSA) is 81.9 Å². The zero-order valence-corrected chi connectivity index (χ0v) is 18.5. The van der Waals surface area contributed by atoms with Crippen molar-refractivity contribution in [1.82, 2.24) is 9.99 Å². The van der Waals surface area contributed by atoms with Crippen molar-refractivity contribution in [2.75, 3.05) is 13.2 Å². The van der Waals surface area contributed by atoms with Gasteiger partial charge >= 0.3 is 5.97 Å². The Morgan fingerprint density at radius 2 is 1.93 bits per heavy atom. The van der Waals surface area contributed by atoms with Gasteiger partial charge in [-0.3, -0.25) is 4.79 Å². The number of hydrazone groups is 1. The first kappa shape index (κ1) is 21.6. The van der Waals surface area contributed by atoms with Gasteiger partial charge in [0.25, 0.3) is 5.91 Å². The van der Waals surface area contributed by atoms with Gasteiger partial charge in [-0.25, -0.2) is 10.2 Å². The van der Waals surface area contributed by atoms with Crippen molar-refractivity contribution in [2.45, 2.75) is 13.8 Å². The van der Waals surface area contributed by atoms with Gasteiger partial charge in [-0.15, -0.1) is 0 Å². The first-order chi connectivity index (χ1) is 14.4. The number of ether oxygens (including phenoxy) is 2. The fraction of sp³-hybridized carbons (Fsp3) is 0.227. The average molecular weight is 472 g/mol. The summed E-state index contributed by atoms with van der Waals surface area (Å²) in [5, 5.41) is 4.64. The fourth-order valence-corrected chi connectivity index (χ4v) is 3.28. The van der Waals surface area contributed by atoms with Crippen molar-refractivity contribution in [3.8, 4) is 5.75 Å². The minimum Gasteiger partial charge on any atom is -0.484 e. The minimum absolute atomic E-state index is 0.205.